The van der Waals surface area contributed by atoms with Crippen LogP contribution in [0.15, 0.2) is 71.7 Å². The first-order valence-corrected chi connectivity index (χ1v) is 13.0. The highest BCUT2D eigenvalue weighted by atomic mass is 19.1. The Morgan fingerprint density at radius 3 is 2.32 bits per heavy atom. The van der Waals surface area contributed by atoms with Gasteiger partial charge in [0, 0.05) is 24.7 Å². The van der Waals surface area contributed by atoms with Gasteiger partial charge in [0.2, 0.25) is 17.4 Å². The first-order chi connectivity index (χ1) is 21.1. The molecule has 4 aromatic rings. The van der Waals surface area contributed by atoms with E-state index in [9.17, 15) is 9.90 Å². The summed E-state index contributed by atoms with van der Waals surface area (Å²) in [6.07, 6.45) is 0.125. The highest BCUT2D eigenvalue weighted by molar-refractivity contribution is 5.95. The Labute approximate surface area is 250 Å². The highest BCUT2D eigenvalue weighted by Gasteiger charge is 2.27. The second-order valence-electron chi connectivity index (χ2n) is 9.10. The van der Waals surface area contributed by atoms with E-state index in [2.05, 4.69) is 9.98 Å². The number of rotatable bonds is 13. The fraction of sp³-hybridized carbons (Fsp3) is 0.133. The number of nitrogens with zero attached hydrogens (tertiary/aromatic N) is 2. The molecule has 3 aromatic carbocycles. The number of pyridine rings is 1. The fourth-order valence-corrected chi connectivity index (χ4v) is 3.90. The molecular formula is C30H28F2N6O6. The number of phenols is 1. The molecule has 0 saturated carbocycles. The molecule has 0 aliphatic heterocycles. The summed E-state index contributed by atoms with van der Waals surface area (Å²) in [5.74, 6) is -6.54. The Morgan fingerprint density at radius 1 is 0.977 bits per heavy atom. The Kier molecular flexibility index (Phi) is 9.88. The fourth-order valence-electron chi connectivity index (χ4n) is 3.90. The maximum absolute atomic E-state index is 15.8. The Bertz CT molecular complexity index is 1710. The third-order valence-corrected chi connectivity index (χ3v) is 5.83. The molecular weight excluding hydrogens is 578 g/mol. The number of carbonyl (C=O) groups is 1. The molecule has 228 valence electrons. The van der Waals surface area contributed by atoms with Crippen molar-refractivity contribution in [3.05, 3.63) is 89.5 Å². The van der Waals surface area contributed by atoms with Crippen LogP contribution < -0.4 is 31.4 Å². The second kappa shape index (κ2) is 13.9. The molecule has 1 atom stereocenters. The number of halogens is 2. The SMILES string of the molecule is CCOC(C=O)Cc1cccc(Oc2c(F)c(Oc3cccc(N=C(N)N)c3)nc(Oc3cc(C(=N)N)ccc3O)c2F)c1. The normalized spacial score (nSPS) is 11.3. The minimum Gasteiger partial charge on any atom is -0.504 e. The van der Waals surface area contributed by atoms with Gasteiger partial charge in [0.05, 0.1) is 5.69 Å². The van der Waals surface area contributed by atoms with Gasteiger partial charge < -0.3 is 46.0 Å². The van der Waals surface area contributed by atoms with E-state index in [1.807, 2.05) is 0 Å². The molecule has 1 aromatic heterocycles. The van der Waals surface area contributed by atoms with Crippen molar-refractivity contribution in [2.45, 2.75) is 19.4 Å². The molecule has 0 amide bonds. The lowest BCUT2D eigenvalue weighted by Crippen LogP contribution is -2.21. The molecule has 0 radical (unpaired) electrons. The van der Waals surface area contributed by atoms with Crippen LogP contribution in [0.25, 0.3) is 0 Å². The molecule has 4 rings (SSSR count). The number of carbonyl (C=O) groups excluding carboxylic acids is 1. The lowest BCUT2D eigenvalue weighted by molar-refractivity contribution is -0.117. The van der Waals surface area contributed by atoms with Gasteiger partial charge in [-0.2, -0.15) is 13.8 Å². The summed E-state index contributed by atoms with van der Waals surface area (Å²) in [5.41, 5.74) is 17.4. The summed E-state index contributed by atoms with van der Waals surface area (Å²) in [5, 5.41) is 17.9. The molecule has 1 heterocycles. The van der Waals surface area contributed by atoms with E-state index in [1.165, 1.54) is 48.5 Å². The average molecular weight is 607 g/mol. The van der Waals surface area contributed by atoms with E-state index in [-0.39, 0.29) is 46.7 Å². The lowest BCUT2D eigenvalue weighted by Gasteiger charge is -2.16. The number of guanidine groups is 1. The van der Waals surface area contributed by atoms with Crippen molar-refractivity contribution < 1.29 is 37.6 Å². The maximum Gasteiger partial charge on any atom is 0.263 e. The van der Waals surface area contributed by atoms with Gasteiger partial charge in [-0.25, -0.2) is 4.99 Å². The van der Waals surface area contributed by atoms with Crippen molar-refractivity contribution in [2.24, 2.45) is 22.2 Å². The summed E-state index contributed by atoms with van der Waals surface area (Å²) >= 11 is 0. The Morgan fingerprint density at radius 2 is 1.66 bits per heavy atom. The highest BCUT2D eigenvalue weighted by Crippen LogP contribution is 2.41. The number of nitrogens with one attached hydrogen (secondary N) is 1. The first kappa shape index (κ1) is 31.2. The van der Waals surface area contributed by atoms with Crippen LogP contribution in [-0.2, 0) is 16.0 Å². The van der Waals surface area contributed by atoms with Gasteiger partial charge in [-0.3, -0.25) is 5.41 Å². The molecule has 12 nitrogen and oxygen atoms in total. The third kappa shape index (κ3) is 7.74. The lowest BCUT2D eigenvalue weighted by atomic mass is 10.1. The molecule has 14 heteroatoms. The largest absolute Gasteiger partial charge is 0.504 e. The monoisotopic (exact) mass is 606 g/mol. The average Bonchev–Trinajstić information content (AvgIpc) is 2.98. The number of hydrogen-bond donors (Lipinski definition) is 5. The maximum atomic E-state index is 15.8. The minimum absolute atomic E-state index is 0.0146. The number of aldehydes is 1. The topological polar surface area (TPSA) is 201 Å². The first-order valence-electron chi connectivity index (χ1n) is 13.0. The van der Waals surface area contributed by atoms with Crippen molar-refractivity contribution >= 4 is 23.8 Å². The van der Waals surface area contributed by atoms with Crippen molar-refractivity contribution in [3.63, 3.8) is 0 Å². The van der Waals surface area contributed by atoms with Gasteiger partial charge in [0.25, 0.3) is 11.8 Å². The molecule has 1 unspecified atom stereocenters. The van der Waals surface area contributed by atoms with Gasteiger partial charge in [-0.1, -0.05) is 18.2 Å². The number of amidine groups is 1. The van der Waals surface area contributed by atoms with Crippen LogP contribution in [0, 0.1) is 17.0 Å². The number of aliphatic imine (C=N–C) groups is 1. The smallest absolute Gasteiger partial charge is 0.263 e. The number of phenolic OH excluding ortho intramolecular Hbond substituents is 1. The number of aromatic nitrogens is 1. The third-order valence-electron chi connectivity index (χ3n) is 5.83. The number of aromatic hydroxyl groups is 1. The standard InChI is InChI=1S/C30H28F2N6O6/c1-2-41-21(15-39)12-16-5-3-7-19(11-16)42-26-24(31)28(43-20-8-4-6-18(14-20)37-30(35)36)38-29(25(26)32)44-23-13-17(27(33)34)9-10-22(23)40/h3-11,13-15,21,40H,2,12H2,1H3,(H3,33,34)(H4,35,36,37). The van der Waals surface area contributed by atoms with Gasteiger partial charge in [0.1, 0.15) is 29.7 Å². The van der Waals surface area contributed by atoms with Gasteiger partial charge in [0.15, 0.2) is 17.5 Å². The van der Waals surface area contributed by atoms with Crippen LogP contribution in [0.1, 0.15) is 18.1 Å². The van der Waals surface area contributed by atoms with E-state index < -0.39 is 41.0 Å². The zero-order valence-electron chi connectivity index (χ0n) is 23.3. The van der Waals surface area contributed by atoms with Gasteiger partial charge in [-0.05, 0) is 55.0 Å². The van der Waals surface area contributed by atoms with Crippen LogP contribution in [0.3, 0.4) is 0 Å². The summed E-state index contributed by atoms with van der Waals surface area (Å²) in [6, 6.07) is 15.8. The van der Waals surface area contributed by atoms with Crippen molar-refractivity contribution in [1.29, 1.82) is 5.41 Å². The summed E-state index contributed by atoms with van der Waals surface area (Å²) in [7, 11) is 0. The van der Waals surface area contributed by atoms with Gasteiger partial charge in [-0.15, -0.1) is 0 Å². The minimum atomic E-state index is -1.37. The summed E-state index contributed by atoms with van der Waals surface area (Å²) in [4.78, 5) is 19.1. The molecule has 0 bridgehead atoms. The van der Waals surface area contributed by atoms with Crippen LogP contribution in [-0.4, -0.2) is 40.9 Å². The van der Waals surface area contributed by atoms with E-state index in [1.54, 1.807) is 25.1 Å². The number of ether oxygens (including phenoxy) is 4. The van der Waals surface area contributed by atoms with Gasteiger partial charge >= 0.3 is 0 Å². The number of nitrogens with two attached hydrogens (primary N) is 3. The molecule has 0 aliphatic carbocycles. The van der Waals surface area contributed by atoms with Crippen molar-refractivity contribution in [2.75, 3.05) is 6.61 Å². The molecule has 0 spiro atoms. The van der Waals surface area contributed by atoms with E-state index in [0.29, 0.717) is 18.5 Å². The van der Waals surface area contributed by atoms with Crippen molar-refractivity contribution in [3.8, 4) is 40.5 Å². The Balaban J connectivity index is 1.78. The van der Waals surface area contributed by atoms with E-state index >= 15 is 8.78 Å². The molecule has 0 saturated heterocycles. The summed E-state index contributed by atoms with van der Waals surface area (Å²) < 4.78 is 53.8. The Hall–Kier alpha value is -5.76. The molecule has 0 aliphatic rings. The van der Waals surface area contributed by atoms with Crippen LogP contribution in [0.5, 0.6) is 40.5 Å². The number of hydrogen-bond acceptors (Lipinski definition) is 9. The summed E-state index contributed by atoms with van der Waals surface area (Å²) in [6.45, 7) is 2.07. The van der Waals surface area contributed by atoms with Crippen molar-refractivity contribution in [1.82, 2.24) is 4.98 Å². The predicted octanol–water partition coefficient (Wildman–Crippen LogP) is 4.78. The zero-order valence-corrected chi connectivity index (χ0v) is 23.3. The van der Waals surface area contributed by atoms with Crippen LogP contribution >= 0.6 is 0 Å². The predicted molar refractivity (Wildman–Crippen MR) is 157 cm³/mol. The van der Waals surface area contributed by atoms with E-state index in [0.717, 1.165) is 0 Å². The molecule has 0 fully saturated rings. The number of benzene rings is 3. The zero-order chi connectivity index (χ0) is 31.8. The number of nitrogen functional groups attached to an aromatic ring is 1. The van der Waals surface area contributed by atoms with Crippen LogP contribution in [0.4, 0.5) is 14.5 Å². The quantitative estimate of drug-likeness (QED) is 0.0801. The molecule has 8 N–H and O–H groups in total. The second-order valence-corrected chi connectivity index (χ2v) is 9.10. The molecule has 44 heavy (non-hydrogen) atoms. The van der Waals surface area contributed by atoms with E-state index in [4.69, 9.17) is 41.6 Å². The van der Waals surface area contributed by atoms with Crippen LogP contribution in [0.2, 0.25) is 0 Å².